The molecule has 0 radical (unpaired) electrons. The van der Waals surface area contributed by atoms with Crippen molar-refractivity contribution in [2.75, 3.05) is 6.54 Å². The lowest BCUT2D eigenvalue weighted by Gasteiger charge is -2.39. The Balaban J connectivity index is 1.49. The second-order valence-electron chi connectivity index (χ2n) is 7.09. The number of carbonyl (C=O) groups is 3. The van der Waals surface area contributed by atoms with Crippen LogP contribution in [0.2, 0.25) is 0 Å². The summed E-state index contributed by atoms with van der Waals surface area (Å²) < 4.78 is 0. The minimum atomic E-state index is -0.330. The number of amides is 4. The number of hydrogen-bond acceptors (Lipinski definition) is 3. The van der Waals surface area contributed by atoms with Crippen LogP contribution in [0.3, 0.4) is 0 Å². The molecule has 0 aromatic rings. The van der Waals surface area contributed by atoms with Crippen LogP contribution in [0.4, 0.5) is 4.79 Å². The number of hydrogen-bond donors (Lipinski definition) is 2. The first kappa shape index (κ1) is 16.3. The van der Waals surface area contributed by atoms with Gasteiger partial charge in [0.25, 0.3) is 0 Å². The van der Waals surface area contributed by atoms with Crippen molar-refractivity contribution < 1.29 is 14.4 Å². The Morgan fingerprint density at radius 2 is 1.74 bits per heavy atom. The van der Waals surface area contributed by atoms with Gasteiger partial charge in [-0.3, -0.25) is 14.5 Å². The molecule has 0 spiro atoms. The first-order valence-corrected chi connectivity index (χ1v) is 9.06. The predicted octanol–water partition coefficient (Wildman–Crippen LogP) is 1.94. The lowest BCUT2D eigenvalue weighted by Crippen LogP contribution is -2.61. The van der Waals surface area contributed by atoms with Gasteiger partial charge < -0.3 is 10.6 Å². The number of nitrogens with zero attached hydrogens (tertiary/aromatic N) is 1. The fourth-order valence-electron chi connectivity index (χ4n) is 4.11. The zero-order valence-corrected chi connectivity index (χ0v) is 13.7. The van der Waals surface area contributed by atoms with Crippen molar-refractivity contribution in [3.05, 3.63) is 0 Å². The molecule has 6 nitrogen and oxygen atoms in total. The summed E-state index contributed by atoms with van der Waals surface area (Å²) in [5.74, 6) is -0.241. The molecule has 0 unspecified atom stereocenters. The SMILES string of the molecule is O=C(CCN1C(=O)N[C@@H]2CCCC[C@@H]2C1=O)NC1CCCCC1. The number of urea groups is 1. The maximum atomic E-state index is 12.5. The summed E-state index contributed by atoms with van der Waals surface area (Å²) in [5.41, 5.74) is 0. The first-order chi connectivity index (χ1) is 11.1. The first-order valence-electron chi connectivity index (χ1n) is 9.06. The maximum absolute atomic E-state index is 12.5. The summed E-state index contributed by atoms with van der Waals surface area (Å²) in [6.45, 7) is 0.187. The van der Waals surface area contributed by atoms with Gasteiger partial charge in [0, 0.05) is 25.0 Å². The highest BCUT2D eigenvalue weighted by Gasteiger charge is 2.41. The minimum Gasteiger partial charge on any atom is -0.353 e. The topological polar surface area (TPSA) is 78.5 Å². The van der Waals surface area contributed by atoms with E-state index in [1.54, 1.807) is 0 Å². The van der Waals surface area contributed by atoms with Gasteiger partial charge in [-0.2, -0.15) is 0 Å². The molecule has 3 aliphatic rings. The molecule has 0 aromatic carbocycles. The highest BCUT2D eigenvalue weighted by Crippen LogP contribution is 2.29. The standard InChI is InChI=1S/C17H27N3O3/c21-15(18-12-6-2-1-3-7-12)10-11-20-16(22)13-8-4-5-9-14(13)19-17(20)23/h12-14H,1-11H2,(H,18,21)(H,19,23)/t13-,14+/m0/s1. The summed E-state index contributed by atoms with van der Waals surface area (Å²) in [4.78, 5) is 37.9. The Hall–Kier alpha value is -1.59. The second-order valence-corrected chi connectivity index (χ2v) is 7.09. The van der Waals surface area contributed by atoms with Crippen molar-refractivity contribution in [3.8, 4) is 0 Å². The van der Waals surface area contributed by atoms with E-state index < -0.39 is 0 Å². The number of rotatable bonds is 4. The van der Waals surface area contributed by atoms with Crippen molar-refractivity contribution >= 4 is 17.8 Å². The molecule has 23 heavy (non-hydrogen) atoms. The number of nitrogens with one attached hydrogen (secondary N) is 2. The quantitative estimate of drug-likeness (QED) is 0.830. The van der Waals surface area contributed by atoms with Gasteiger partial charge in [-0.25, -0.2) is 4.79 Å². The highest BCUT2D eigenvalue weighted by molar-refractivity contribution is 5.99. The molecule has 1 heterocycles. The van der Waals surface area contributed by atoms with E-state index in [-0.39, 0.29) is 48.8 Å². The zero-order valence-electron chi connectivity index (χ0n) is 13.7. The molecule has 1 saturated heterocycles. The fourth-order valence-corrected chi connectivity index (χ4v) is 4.11. The number of carbonyl (C=O) groups excluding carboxylic acids is 3. The van der Waals surface area contributed by atoms with Gasteiger partial charge in [0.2, 0.25) is 11.8 Å². The molecule has 3 fully saturated rings. The van der Waals surface area contributed by atoms with Crippen LogP contribution >= 0.6 is 0 Å². The van der Waals surface area contributed by atoms with Crippen LogP contribution in [0, 0.1) is 5.92 Å². The van der Waals surface area contributed by atoms with Crippen molar-refractivity contribution in [1.82, 2.24) is 15.5 Å². The summed E-state index contributed by atoms with van der Waals surface area (Å²) in [7, 11) is 0. The van der Waals surface area contributed by atoms with Gasteiger partial charge >= 0.3 is 6.03 Å². The molecule has 2 N–H and O–H groups in total. The van der Waals surface area contributed by atoms with Crippen molar-refractivity contribution in [3.63, 3.8) is 0 Å². The third-order valence-corrected chi connectivity index (χ3v) is 5.44. The Bertz CT molecular complexity index is 474. The van der Waals surface area contributed by atoms with Gasteiger partial charge in [-0.15, -0.1) is 0 Å². The average Bonchev–Trinajstić information content (AvgIpc) is 2.55. The molecule has 0 bridgehead atoms. The van der Waals surface area contributed by atoms with E-state index in [1.165, 1.54) is 24.2 Å². The molecule has 128 valence electrons. The summed E-state index contributed by atoms with van der Waals surface area (Å²) >= 11 is 0. The second kappa shape index (κ2) is 7.32. The summed E-state index contributed by atoms with van der Waals surface area (Å²) in [6.07, 6.45) is 9.70. The minimum absolute atomic E-state index is 0.00364. The summed E-state index contributed by atoms with van der Waals surface area (Å²) in [6, 6.07) is -0.0652. The van der Waals surface area contributed by atoms with Crippen LogP contribution in [0.15, 0.2) is 0 Å². The lowest BCUT2D eigenvalue weighted by atomic mass is 9.82. The monoisotopic (exact) mass is 321 g/mol. The molecule has 3 rings (SSSR count). The van der Waals surface area contributed by atoms with Crippen molar-refractivity contribution in [1.29, 1.82) is 0 Å². The van der Waals surface area contributed by atoms with Crippen LogP contribution in [-0.4, -0.2) is 41.4 Å². The Morgan fingerprint density at radius 3 is 2.52 bits per heavy atom. The van der Waals surface area contributed by atoms with Crippen LogP contribution in [0.5, 0.6) is 0 Å². The third kappa shape index (κ3) is 3.85. The molecule has 4 amide bonds. The molecule has 2 aliphatic carbocycles. The van der Waals surface area contributed by atoms with Gasteiger partial charge in [-0.05, 0) is 25.7 Å². The van der Waals surface area contributed by atoms with Gasteiger partial charge in [0.15, 0.2) is 0 Å². The molecule has 1 aliphatic heterocycles. The molecular formula is C17H27N3O3. The van der Waals surface area contributed by atoms with E-state index >= 15 is 0 Å². The molecule has 2 saturated carbocycles. The third-order valence-electron chi connectivity index (χ3n) is 5.44. The molecule has 0 aromatic heterocycles. The smallest absolute Gasteiger partial charge is 0.324 e. The summed E-state index contributed by atoms with van der Waals surface area (Å²) in [5, 5.41) is 5.97. The van der Waals surface area contributed by atoms with Gasteiger partial charge in [0.1, 0.15) is 0 Å². The molecule has 6 heteroatoms. The normalized spacial score (nSPS) is 29.0. The number of imide groups is 1. The Labute approximate surface area is 137 Å². The van der Waals surface area contributed by atoms with Crippen LogP contribution in [0.1, 0.15) is 64.2 Å². The Morgan fingerprint density at radius 1 is 1.04 bits per heavy atom. The predicted molar refractivity (Wildman–Crippen MR) is 85.6 cm³/mol. The molecular weight excluding hydrogens is 294 g/mol. The Kier molecular flexibility index (Phi) is 5.18. The van der Waals surface area contributed by atoms with Crippen LogP contribution in [-0.2, 0) is 9.59 Å². The van der Waals surface area contributed by atoms with E-state index in [0.29, 0.717) is 0 Å². The molecule has 2 atom stereocenters. The number of fused-ring (bicyclic) bond motifs is 1. The van der Waals surface area contributed by atoms with E-state index in [4.69, 9.17) is 0 Å². The largest absolute Gasteiger partial charge is 0.353 e. The lowest BCUT2D eigenvalue weighted by molar-refractivity contribution is -0.136. The maximum Gasteiger partial charge on any atom is 0.324 e. The van der Waals surface area contributed by atoms with E-state index in [2.05, 4.69) is 10.6 Å². The van der Waals surface area contributed by atoms with E-state index in [0.717, 1.165) is 38.5 Å². The van der Waals surface area contributed by atoms with E-state index in [1.807, 2.05) is 0 Å². The fraction of sp³-hybridized carbons (Fsp3) is 0.824. The van der Waals surface area contributed by atoms with Crippen molar-refractivity contribution in [2.45, 2.75) is 76.3 Å². The zero-order chi connectivity index (χ0) is 16.2. The van der Waals surface area contributed by atoms with Gasteiger partial charge in [-0.1, -0.05) is 32.1 Å². The van der Waals surface area contributed by atoms with Crippen LogP contribution in [0.25, 0.3) is 0 Å². The van der Waals surface area contributed by atoms with E-state index in [9.17, 15) is 14.4 Å². The van der Waals surface area contributed by atoms with Crippen LogP contribution < -0.4 is 10.6 Å². The van der Waals surface area contributed by atoms with Crippen molar-refractivity contribution in [2.24, 2.45) is 5.92 Å². The van der Waals surface area contributed by atoms with Gasteiger partial charge in [0.05, 0.1) is 5.92 Å². The average molecular weight is 321 g/mol. The highest BCUT2D eigenvalue weighted by atomic mass is 16.2.